The van der Waals surface area contributed by atoms with Crippen LogP contribution in [0.4, 0.5) is 24.8 Å². The normalized spacial score (nSPS) is 17.7. The average Bonchev–Trinajstić information content (AvgIpc) is 3.72. The number of hydrogen-bond acceptors (Lipinski definition) is 6. The number of imidazole rings is 1. The van der Waals surface area contributed by atoms with Gasteiger partial charge in [-0.2, -0.15) is 13.2 Å². The number of aromatic nitrogens is 4. The molecule has 1 aliphatic heterocycles. The molecule has 6 rings (SSSR count). The van der Waals surface area contributed by atoms with Gasteiger partial charge < -0.3 is 16.0 Å². The minimum atomic E-state index is -4.55. The second-order valence-electron chi connectivity index (χ2n) is 10.2. The molecule has 0 spiro atoms. The number of alkyl halides is 3. The minimum Gasteiger partial charge on any atom is -0.382 e. The summed E-state index contributed by atoms with van der Waals surface area (Å²) in [5, 5.41) is 2.41. The number of carbonyl (C=O) groups excluding carboxylic acids is 2. The first-order chi connectivity index (χ1) is 19.2. The summed E-state index contributed by atoms with van der Waals surface area (Å²) in [5.41, 5.74) is 7.53. The van der Waals surface area contributed by atoms with Crippen molar-refractivity contribution >= 4 is 29.0 Å². The Labute approximate surface area is 227 Å². The van der Waals surface area contributed by atoms with Crippen molar-refractivity contribution in [2.75, 3.05) is 24.1 Å². The Morgan fingerprint density at radius 1 is 1.02 bits per heavy atom. The standard InChI is InChI=1S/C28H26F3N7O2/c29-28(30,31)20-9-10-33-21(14-20)35-26(39)17-5-3-16(4-6-17)22-23-24(32)34-11-13-38(23)25(36-22)19-2-1-12-37(15-19)27(40)18-7-8-18/h3-6,9-11,13-14,18-19H,1-2,7-8,12,15H2,(H2,32,34)(H,33,35,39). The van der Waals surface area contributed by atoms with Gasteiger partial charge in [0.2, 0.25) is 5.91 Å². The number of nitrogens with zero attached hydrogens (tertiary/aromatic N) is 5. The van der Waals surface area contributed by atoms with Crippen molar-refractivity contribution in [2.45, 2.75) is 37.8 Å². The summed E-state index contributed by atoms with van der Waals surface area (Å²) in [4.78, 5) is 40.4. The van der Waals surface area contributed by atoms with Gasteiger partial charge in [0.05, 0.1) is 5.56 Å². The average molecular weight is 550 g/mol. The van der Waals surface area contributed by atoms with E-state index in [1.54, 1.807) is 30.5 Å². The maximum atomic E-state index is 13.0. The first-order valence-corrected chi connectivity index (χ1v) is 13.1. The van der Waals surface area contributed by atoms with E-state index in [9.17, 15) is 22.8 Å². The number of piperidine rings is 1. The number of halogens is 3. The van der Waals surface area contributed by atoms with Gasteiger partial charge >= 0.3 is 6.18 Å². The number of nitrogen functional groups attached to an aromatic ring is 1. The molecule has 206 valence electrons. The zero-order chi connectivity index (χ0) is 28.0. The summed E-state index contributed by atoms with van der Waals surface area (Å²) in [6.45, 7) is 1.35. The van der Waals surface area contributed by atoms with Gasteiger partial charge in [-0.1, -0.05) is 12.1 Å². The molecule has 4 heterocycles. The largest absolute Gasteiger partial charge is 0.416 e. The molecule has 1 aromatic carbocycles. The van der Waals surface area contributed by atoms with Crippen LogP contribution in [0.15, 0.2) is 55.0 Å². The van der Waals surface area contributed by atoms with Crippen LogP contribution in [0.25, 0.3) is 16.8 Å². The van der Waals surface area contributed by atoms with Crippen molar-refractivity contribution in [1.82, 2.24) is 24.3 Å². The molecule has 1 atom stereocenters. The summed E-state index contributed by atoms with van der Waals surface area (Å²) < 4.78 is 40.9. The van der Waals surface area contributed by atoms with Crippen molar-refractivity contribution in [3.05, 3.63) is 71.9 Å². The molecule has 0 bridgehead atoms. The number of amides is 2. The maximum Gasteiger partial charge on any atom is 0.416 e. The lowest BCUT2D eigenvalue weighted by molar-refractivity contribution is -0.137. The van der Waals surface area contributed by atoms with Crippen LogP contribution < -0.4 is 11.1 Å². The van der Waals surface area contributed by atoms with Crippen LogP contribution in [0.5, 0.6) is 0 Å². The van der Waals surface area contributed by atoms with E-state index >= 15 is 0 Å². The molecule has 2 aliphatic rings. The van der Waals surface area contributed by atoms with E-state index < -0.39 is 17.6 Å². The molecule has 3 aromatic heterocycles. The number of nitrogens with two attached hydrogens (primary N) is 1. The number of nitrogens with one attached hydrogen (secondary N) is 1. The third kappa shape index (κ3) is 4.96. The van der Waals surface area contributed by atoms with E-state index in [1.807, 2.05) is 15.5 Å². The van der Waals surface area contributed by atoms with Gasteiger partial charge in [0.1, 0.15) is 28.7 Å². The van der Waals surface area contributed by atoms with Crippen molar-refractivity contribution in [3.8, 4) is 11.3 Å². The van der Waals surface area contributed by atoms with Gasteiger partial charge in [-0.05, 0) is 49.9 Å². The smallest absolute Gasteiger partial charge is 0.382 e. The lowest BCUT2D eigenvalue weighted by atomic mass is 9.97. The van der Waals surface area contributed by atoms with E-state index in [0.717, 1.165) is 56.4 Å². The Bertz CT molecular complexity index is 1600. The molecule has 2 fully saturated rings. The van der Waals surface area contributed by atoms with Gasteiger partial charge in [0.15, 0.2) is 0 Å². The van der Waals surface area contributed by atoms with Crippen LogP contribution in [-0.4, -0.2) is 49.2 Å². The lowest BCUT2D eigenvalue weighted by Crippen LogP contribution is -2.40. The Kier molecular flexibility index (Phi) is 6.40. The second kappa shape index (κ2) is 9.92. The highest BCUT2D eigenvalue weighted by atomic mass is 19.4. The van der Waals surface area contributed by atoms with Gasteiger partial charge in [-0.25, -0.2) is 15.0 Å². The molecule has 1 aliphatic carbocycles. The summed E-state index contributed by atoms with van der Waals surface area (Å²) in [6, 6.07) is 8.15. The zero-order valence-electron chi connectivity index (χ0n) is 21.4. The molecule has 1 unspecified atom stereocenters. The van der Waals surface area contributed by atoms with E-state index in [-0.39, 0.29) is 29.1 Å². The Hall–Kier alpha value is -4.48. The van der Waals surface area contributed by atoms with Crippen LogP contribution in [0.2, 0.25) is 0 Å². The molecular weight excluding hydrogens is 523 g/mol. The highest BCUT2D eigenvalue weighted by molar-refractivity contribution is 6.04. The summed E-state index contributed by atoms with van der Waals surface area (Å²) >= 11 is 0. The number of likely N-dealkylation sites (tertiary alicyclic amines) is 1. The Balaban J connectivity index is 1.27. The first-order valence-electron chi connectivity index (χ1n) is 13.1. The number of anilines is 2. The number of hydrogen-bond donors (Lipinski definition) is 2. The quantitative estimate of drug-likeness (QED) is 0.371. The second-order valence-corrected chi connectivity index (χ2v) is 10.2. The van der Waals surface area contributed by atoms with E-state index in [0.29, 0.717) is 29.1 Å². The molecule has 4 aromatic rings. The molecular formula is C28H26F3N7O2. The van der Waals surface area contributed by atoms with Gasteiger partial charge in [-0.15, -0.1) is 0 Å². The zero-order valence-corrected chi connectivity index (χ0v) is 21.4. The van der Waals surface area contributed by atoms with E-state index in [2.05, 4.69) is 15.3 Å². The minimum absolute atomic E-state index is 0.0320. The lowest BCUT2D eigenvalue weighted by Gasteiger charge is -2.32. The molecule has 0 radical (unpaired) electrons. The highest BCUT2D eigenvalue weighted by Crippen LogP contribution is 2.37. The number of fused-ring (bicyclic) bond motifs is 1. The van der Waals surface area contributed by atoms with Gasteiger partial charge in [0.25, 0.3) is 5.91 Å². The van der Waals surface area contributed by atoms with Crippen molar-refractivity contribution in [3.63, 3.8) is 0 Å². The molecule has 1 saturated heterocycles. The maximum absolute atomic E-state index is 13.0. The van der Waals surface area contributed by atoms with Gasteiger partial charge in [-0.3, -0.25) is 14.0 Å². The molecule has 3 N–H and O–H groups in total. The topological polar surface area (TPSA) is 119 Å². The summed E-state index contributed by atoms with van der Waals surface area (Å²) in [6.07, 6.45) is 3.57. The fourth-order valence-electron chi connectivity index (χ4n) is 5.20. The number of carbonyl (C=O) groups is 2. The third-order valence-electron chi connectivity index (χ3n) is 7.38. The Morgan fingerprint density at radius 2 is 1.80 bits per heavy atom. The fraction of sp³-hybridized carbons (Fsp3) is 0.321. The SMILES string of the molecule is Nc1nccn2c(C3CCCN(C(=O)C4CC4)C3)nc(-c3ccc(C(=O)Nc4cc(C(F)(F)F)ccn4)cc3)c12. The monoisotopic (exact) mass is 549 g/mol. The van der Waals surface area contributed by atoms with Gasteiger partial charge in [0, 0.05) is 54.6 Å². The predicted molar refractivity (Wildman–Crippen MR) is 141 cm³/mol. The van der Waals surface area contributed by atoms with Crippen LogP contribution in [-0.2, 0) is 11.0 Å². The molecule has 9 nitrogen and oxygen atoms in total. The van der Waals surface area contributed by atoms with Crippen LogP contribution >= 0.6 is 0 Å². The van der Waals surface area contributed by atoms with Crippen molar-refractivity contribution in [2.24, 2.45) is 5.92 Å². The molecule has 2 amide bonds. The highest BCUT2D eigenvalue weighted by Gasteiger charge is 2.37. The molecule has 12 heteroatoms. The predicted octanol–water partition coefficient (Wildman–Crippen LogP) is 4.76. The van der Waals surface area contributed by atoms with E-state index in [4.69, 9.17) is 10.7 Å². The van der Waals surface area contributed by atoms with Crippen molar-refractivity contribution in [1.29, 1.82) is 0 Å². The first kappa shape index (κ1) is 25.8. The van der Waals surface area contributed by atoms with E-state index in [1.165, 1.54) is 0 Å². The van der Waals surface area contributed by atoms with Crippen LogP contribution in [0.3, 0.4) is 0 Å². The number of rotatable bonds is 5. The molecule has 40 heavy (non-hydrogen) atoms. The fourth-order valence-corrected chi connectivity index (χ4v) is 5.20. The summed E-state index contributed by atoms with van der Waals surface area (Å²) in [7, 11) is 0. The van der Waals surface area contributed by atoms with Crippen LogP contribution in [0.1, 0.15) is 53.3 Å². The third-order valence-corrected chi connectivity index (χ3v) is 7.38. The number of benzene rings is 1. The molecule has 1 saturated carbocycles. The number of pyridine rings is 1. The van der Waals surface area contributed by atoms with Crippen LogP contribution in [0, 0.1) is 5.92 Å². The Morgan fingerprint density at radius 3 is 2.52 bits per heavy atom. The summed E-state index contributed by atoms with van der Waals surface area (Å²) in [5.74, 6) is 0.712. The van der Waals surface area contributed by atoms with Crippen molar-refractivity contribution < 1.29 is 22.8 Å².